The Bertz CT molecular complexity index is 776. The van der Waals surface area contributed by atoms with Crippen molar-refractivity contribution in [3.8, 4) is 0 Å². The summed E-state index contributed by atoms with van der Waals surface area (Å²) < 4.78 is 16.6. The van der Waals surface area contributed by atoms with E-state index in [9.17, 15) is 9.59 Å². The van der Waals surface area contributed by atoms with Gasteiger partial charge in [-0.3, -0.25) is 0 Å². The molecule has 1 aliphatic heterocycles. The van der Waals surface area contributed by atoms with E-state index >= 15 is 0 Å². The average Bonchev–Trinajstić information content (AvgIpc) is 2.64. The van der Waals surface area contributed by atoms with Crippen LogP contribution < -0.4 is 0 Å². The molecule has 0 amide bonds. The molecule has 0 unspecified atom stereocenters. The molecular formula is C20H21ClO5. The summed E-state index contributed by atoms with van der Waals surface area (Å²) in [7, 11) is 0. The first-order valence-electron chi connectivity index (χ1n) is 8.77. The van der Waals surface area contributed by atoms with Crippen molar-refractivity contribution in [2.45, 2.75) is 45.6 Å². The first kappa shape index (κ1) is 18.5. The Hall–Kier alpha value is -2.27. The molecule has 0 aromatic heterocycles. The Morgan fingerprint density at radius 3 is 2.62 bits per heavy atom. The van der Waals surface area contributed by atoms with Gasteiger partial charge in [0.2, 0.25) is 5.76 Å². The SMILES string of the molecule is CCOC(=O)C1=C(OC(=O)c2ccc(Cl)cc2)C(C)=C2CCCC[C@@H]2O1. The van der Waals surface area contributed by atoms with Crippen LogP contribution >= 0.6 is 11.6 Å². The highest BCUT2D eigenvalue weighted by molar-refractivity contribution is 6.30. The van der Waals surface area contributed by atoms with Crippen molar-refractivity contribution in [2.24, 2.45) is 0 Å². The van der Waals surface area contributed by atoms with Crippen LogP contribution in [-0.2, 0) is 19.0 Å². The fraction of sp³-hybridized carbons (Fsp3) is 0.400. The van der Waals surface area contributed by atoms with Crippen molar-refractivity contribution in [2.75, 3.05) is 6.61 Å². The van der Waals surface area contributed by atoms with Gasteiger partial charge in [0.25, 0.3) is 0 Å². The third kappa shape index (κ3) is 3.78. The van der Waals surface area contributed by atoms with Crippen LogP contribution in [0.5, 0.6) is 0 Å². The van der Waals surface area contributed by atoms with E-state index < -0.39 is 11.9 Å². The molecule has 2 aliphatic rings. The van der Waals surface area contributed by atoms with Crippen molar-refractivity contribution >= 4 is 23.5 Å². The van der Waals surface area contributed by atoms with Crippen molar-refractivity contribution in [1.82, 2.24) is 0 Å². The highest BCUT2D eigenvalue weighted by atomic mass is 35.5. The molecule has 3 rings (SSSR count). The van der Waals surface area contributed by atoms with Gasteiger partial charge < -0.3 is 14.2 Å². The Balaban J connectivity index is 1.95. The number of hydrogen-bond acceptors (Lipinski definition) is 5. The predicted molar refractivity (Wildman–Crippen MR) is 96.6 cm³/mol. The molecule has 1 aromatic rings. The smallest absolute Gasteiger partial charge is 0.377 e. The number of fused-ring (bicyclic) bond motifs is 1. The fourth-order valence-corrected chi connectivity index (χ4v) is 3.38. The number of esters is 2. The number of rotatable bonds is 4. The normalized spacial score (nSPS) is 19.6. The number of carbonyl (C=O) groups excluding carboxylic acids is 2. The summed E-state index contributed by atoms with van der Waals surface area (Å²) in [6.45, 7) is 3.79. The average molecular weight is 377 g/mol. The minimum atomic E-state index is -0.615. The van der Waals surface area contributed by atoms with Crippen LogP contribution in [0, 0.1) is 0 Å². The lowest BCUT2D eigenvalue weighted by atomic mass is 9.86. The van der Waals surface area contributed by atoms with E-state index in [2.05, 4.69) is 0 Å². The topological polar surface area (TPSA) is 61.8 Å². The number of halogens is 1. The molecule has 5 nitrogen and oxygen atoms in total. The molecule has 0 bridgehead atoms. The summed E-state index contributed by atoms with van der Waals surface area (Å²) in [5.41, 5.74) is 2.21. The van der Waals surface area contributed by atoms with Crippen molar-refractivity contribution in [3.63, 3.8) is 0 Å². The van der Waals surface area contributed by atoms with E-state index in [-0.39, 0.29) is 24.2 Å². The molecule has 0 N–H and O–H groups in total. The summed E-state index contributed by atoms with van der Waals surface area (Å²) in [5.74, 6) is -1.06. The second-order valence-corrected chi connectivity index (χ2v) is 6.71. The lowest BCUT2D eigenvalue weighted by Gasteiger charge is -2.33. The standard InChI is InChI=1S/C20H21ClO5/c1-3-24-20(23)18-17(12(2)15-6-4-5-7-16(15)25-18)26-19(22)13-8-10-14(21)11-9-13/h8-11,16H,3-7H2,1-2H3/t16-/m0/s1. The molecule has 0 saturated heterocycles. The Morgan fingerprint density at radius 1 is 1.19 bits per heavy atom. The Morgan fingerprint density at radius 2 is 1.92 bits per heavy atom. The van der Waals surface area contributed by atoms with E-state index in [0.29, 0.717) is 10.6 Å². The first-order valence-corrected chi connectivity index (χ1v) is 9.15. The molecule has 6 heteroatoms. The molecule has 1 atom stereocenters. The molecule has 0 radical (unpaired) electrons. The van der Waals surface area contributed by atoms with Gasteiger partial charge in [-0.15, -0.1) is 0 Å². The van der Waals surface area contributed by atoms with Crippen LogP contribution in [0.2, 0.25) is 5.02 Å². The molecule has 1 saturated carbocycles. The van der Waals surface area contributed by atoms with Gasteiger partial charge in [0.05, 0.1) is 12.2 Å². The Kier molecular flexibility index (Phi) is 5.67. The number of hydrogen-bond donors (Lipinski definition) is 0. The molecule has 1 heterocycles. The fourth-order valence-electron chi connectivity index (χ4n) is 3.25. The summed E-state index contributed by atoms with van der Waals surface area (Å²) in [5, 5.41) is 0.525. The van der Waals surface area contributed by atoms with Crippen LogP contribution in [0.1, 0.15) is 49.9 Å². The number of ether oxygens (including phenoxy) is 3. The summed E-state index contributed by atoms with van der Waals surface area (Å²) in [4.78, 5) is 24.9. The highest BCUT2D eigenvalue weighted by Crippen LogP contribution is 2.38. The van der Waals surface area contributed by atoms with Crippen LogP contribution in [0.15, 0.2) is 46.9 Å². The molecule has 26 heavy (non-hydrogen) atoms. The second-order valence-electron chi connectivity index (χ2n) is 6.28. The maximum Gasteiger partial charge on any atom is 0.377 e. The molecule has 1 aliphatic carbocycles. The monoisotopic (exact) mass is 376 g/mol. The highest BCUT2D eigenvalue weighted by Gasteiger charge is 2.36. The molecule has 1 aromatic carbocycles. The van der Waals surface area contributed by atoms with Crippen LogP contribution in [0.4, 0.5) is 0 Å². The number of benzene rings is 1. The van der Waals surface area contributed by atoms with Gasteiger partial charge in [0.15, 0.2) is 5.76 Å². The zero-order valence-electron chi connectivity index (χ0n) is 14.8. The van der Waals surface area contributed by atoms with Crippen molar-refractivity contribution in [1.29, 1.82) is 0 Å². The van der Waals surface area contributed by atoms with Crippen LogP contribution in [0.3, 0.4) is 0 Å². The van der Waals surface area contributed by atoms with Gasteiger partial charge in [-0.1, -0.05) is 11.6 Å². The summed E-state index contributed by atoms with van der Waals surface area (Å²) in [6.07, 6.45) is 3.65. The van der Waals surface area contributed by atoms with Gasteiger partial charge in [0, 0.05) is 5.02 Å². The van der Waals surface area contributed by atoms with E-state index in [0.717, 1.165) is 36.8 Å². The van der Waals surface area contributed by atoms with E-state index in [1.165, 1.54) is 0 Å². The van der Waals surface area contributed by atoms with Gasteiger partial charge in [-0.25, -0.2) is 9.59 Å². The zero-order chi connectivity index (χ0) is 18.7. The van der Waals surface area contributed by atoms with E-state index in [4.69, 9.17) is 25.8 Å². The van der Waals surface area contributed by atoms with Crippen molar-refractivity contribution in [3.05, 3.63) is 57.5 Å². The maximum atomic E-state index is 12.5. The van der Waals surface area contributed by atoms with Crippen molar-refractivity contribution < 1.29 is 23.8 Å². The lowest BCUT2D eigenvalue weighted by Crippen LogP contribution is -2.30. The minimum absolute atomic E-state index is 0.0256. The third-order valence-electron chi connectivity index (χ3n) is 4.58. The predicted octanol–water partition coefficient (Wildman–Crippen LogP) is 4.56. The van der Waals surface area contributed by atoms with Gasteiger partial charge in [-0.05, 0) is 74.9 Å². The molecule has 1 fully saturated rings. The number of carbonyl (C=O) groups is 2. The molecule has 0 spiro atoms. The first-order chi connectivity index (χ1) is 12.5. The molecule has 138 valence electrons. The van der Waals surface area contributed by atoms with Gasteiger partial charge in [-0.2, -0.15) is 0 Å². The largest absolute Gasteiger partial charge is 0.476 e. The number of allylic oxidation sites excluding steroid dienone is 1. The maximum absolute atomic E-state index is 12.5. The quantitative estimate of drug-likeness (QED) is 0.721. The van der Waals surface area contributed by atoms with Crippen LogP contribution in [0.25, 0.3) is 0 Å². The van der Waals surface area contributed by atoms with Gasteiger partial charge in [0.1, 0.15) is 6.10 Å². The van der Waals surface area contributed by atoms with Crippen LogP contribution in [-0.4, -0.2) is 24.6 Å². The van der Waals surface area contributed by atoms with Gasteiger partial charge >= 0.3 is 11.9 Å². The van der Waals surface area contributed by atoms with E-state index in [1.807, 2.05) is 6.92 Å². The van der Waals surface area contributed by atoms with E-state index in [1.54, 1.807) is 31.2 Å². The zero-order valence-corrected chi connectivity index (χ0v) is 15.6. The second kappa shape index (κ2) is 7.96. The summed E-state index contributed by atoms with van der Waals surface area (Å²) in [6, 6.07) is 6.37. The third-order valence-corrected chi connectivity index (χ3v) is 4.83. The minimum Gasteiger partial charge on any atom is -0.476 e. The molecular weight excluding hydrogens is 356 g/mol. The Labute approximate surface area is 157 Å². The lowest BCUT2D eigenvalue weighted by molar-refractivity contribution is -0.144. The summed E-state index contributed by atoms with van der Waals surface area (Å²) >= 11 is 5.86.